The zero-order chi connectivity index (χ0) is 13.4. The number of aryl methyl sites for hydroxylation is 3. The molecule has 4 heteroatoms. The van der Waals surface area contributed by atoms with Crippen LogP contribution in [-0.2, 0) is 6.42 Å². The third-order valence-electron chi connectivity index (χ3n) is 3.91. The molecule has 19 heavy (non-hydrogen) atoms. The van der Waals surface area contributed by atoms with Gasteiger partial charge in [0, 0.05) is 0 Å². The van der Waals surface area contributed by atoms with Crippen molar-refractivity contribution in [2.75, 3.05) is 0 Å². The first kappa shape index (κ1) is 12.4. The molecular weight excluding hydrogens is 238 g/mol. The van der Waals surface area contributed by atoms with Crippen molar-refractivity contribution in [3.63, 3.8) is 0 Å². The van der Waals surface area contributed by atoms with E-state index in [4.69, 9.17) is 0 Å². The van der Waals surface area contributed by atoms with Crippen LogP contribution in [0.1, 0.15) is 47.8 Å². The van der Waals surface area contributed by atoms with E-state index in [0.29, 0.717) is 0 Å². The molecule has 0 bridgehead atoms. The maximum Gasteiger partial charge on any atom is 0.147 e. The van der Waals surface area contributed by atoms with E-state index in [2.05, 4.69) is 16.1 Å². The molecule has 1 aliphatic rings. The molecule has 0 amide bonds. The van der Waals surface area contributed by atoms with Crippen LogP contribution in [0.3, 0.4) is 0 Å². The standard InChI is InChI=1S/C15H19N3O/c1-10-16-11(2)18(17-10)14-9-5-7-12-6-3-4-8-13(12)15(14)19/h3-4,6,8,14-15,19H,5,7,9H2,1-2H3. The van der Waals surface area contributed by atoms with Crippen molar-refractivity contribution in [3.8, 4) is 0 Å². The van der Waals surface area contributed by atoms with Gasteiger partial charge in [-0.25, -0.2) is 9.67 Å². The number of benzene rings is 1. The summed E-state index contributed by atoms with van der Waals surface area (Å²) in [6.07, 6.45) is 2.52. The van der Waals surface area contributed by atoms with Crippen LogP contribution in [0.4, 0.5) is 0 Å². The van der Waals surface area contributed by atoms with Gasteiger partial charge in [0.15, 0.2) is 0 Å². The molecule has 0 saturated heterocycles. The SMILES string of the molecule is Cc1nc(C)n(C2CCCc3ccccc3C2O)n1. The summed E-state index contributed by atoms with van der Waals surface area (Å²) in [7, 11) is 0. The highest BCUT2D eigenvalue weighted by Gasteiger charge is 2.29. The normalized spacial score (nSPS) is 22.9. The van der Waals surface area contributed by atoms with Crippen LogP contribution in [0.15, 0.2) is 24.3 Å². The topological polar surface area (TPSA) is 50.9 Å². The van der Waals surface area contributed by atoms with Crippen molar-refractivity contribution in [1.29, 1.82) is 0 Å². The summed E-state index contributed by atoms with van der Waals surface area (Å²) in [4.78, 5) is 4.35. The average molecular weight is 257 g/mol. The van der Waals surface area contributed by atoms with E-state index < -0.39 is 6.10 Å². The van der Waals surface area contributed by atoms with E-state index >= 15 is 0 Å². The number of nitrogens with zero attached hydrogens (tertiary/aromatic N) is 3. The van der Waals surface area contributed by atoms with E-state index in [0.717, 1.165) is 36.5 Å². The first-order valence-electron chi connectivity index (χ1n) is 6.82. The Morgan fingerprint density at radius 1 is 1.26 bits per heavy atom. The van der Waals surface area contributed by atoms with Gasteiger partial charge >= 0.3 is 0 Å². The zero-order valence-electron chi connectivity index (χ0n) is 11.4. The second-order valence-corrected chi connectivity index (χ2v) is 5.25. The van der Waals surface area contributed by atoms with E-state index in [-0.39, 0.29) is 6.04 Å². The Labute approximate surface area is 113 Å². The van der Waals surface area contributed by atoms with Gasteiger partial charge in [0.1, 0.15) is 17.8 Å². The number of aliphatic hydroxyl groups is 1. The monoisotopic (exact) mass is 257 g/mol. The Morgan fingerprint density at radius 2 is 2.05 bits per heavy atom. The first-order chi connectivity index (χ1) is 9.16. The lowest BCUT2D eigenvalue weighted by Gasteiger charge is -2.23. The molecule has 1 heterocycles. The number of hydrogen-bond donors (Lipinski definition) is 1. The van der Waals surface area contributed by atoms with Gasteiger partial charge in [-0.3, -0.25) is 0 Å². The fraction of sp³-hybridized carbons (Fsp3) is 0.467. The molecule has 100 valence electrons. The molecule has 2 unspecified atom stereocenters. The van der Waals surface area contributed by atoms with Gasteiger partial charge in [-0.1, -0.05) is 24.3 Å². The van der Waals surface area contributed by atoms with Crippen LogP contribution >= 0.6 is 0 Å². The van der Waals surface area contributed by atoms with Crippen molar-refractivity contribution in [3.05, 3.63) is 47.0 Å². The molecule has 1 N–H and O–H groups in total. The van der Waals surface area contributed by atoms with Gasteiger partial charge in [0.2, 0.25) is 0 Å². The van der Waals surface area contributed by atoms with Crippen molar-refractivity contribution in [2.45, 2.75) is 45.3 Å². The molecule has 1 aromatic heterocycles. The predicted octanol–water partition coefficient (Wildman–Crippen LogP) is 2.51. The fourth-order valence-corrected chi connectivity index (χ4v) is 3.02. The van der Waals surface area contributed by atoms with Gasteiger partial charge in [0.25, 0.3) is 0 Å². The van der Waals surface area contributed by atoms with Crippen LogP contribution in [0, 0.1) is 13.8 Å². The Kier molecular flexibility index (Phi) is 3.11. The summed E-state index contributed by atoms with van der Waals surface area (Å²) in [5.74, 6) is 1.64. The lowest BCUT2D eigenvalue weighted by molar-refractivity contribution is 0.101. The maximum absolute atomic E-state index is 10.7. The highest BCUT2D eigenvalue weighted by Crippen LogP contribution is 2.36. The number of hydrogen-bond acceptors (Lipinski definition) is 3. The third-order valence-corrected chi connectivity index (χ3v) is 3.91. The lowest BCUT2D eigenvalue weighted by Crippen LogP contribution is -2.19. The van der Waals surface area contributed by atoms with Crippen molar-refractivity contribution >= 4 is 0 Å². The Balaban J connectivity index is 2.02. The molecule has 2 aromatic rings. The fourth-order valence-electron chi connectivity index (χ4n) is 3.02. The van der Waals surface area contributed by atoms with Crippen molar-refractivity contribution in [2.24, 2.45) is 0 Å². The molecular formula is C15H19N3O. The Hall–Kier alpha value is -1.68. The van der Waals surface area contributed by atoms with E-state index in [1.165, 1.54) is 5.56 Å². The molecule has 0 radical (unpaired) electrons. The minimum Gasteiger partial charge on any atom is -0.386 e. The molecule has 1 aromatic carbocycles. The highest BCUT2D eigenvalue weighted by molar-refractivity contribution is 5.31. The van der Waals surface area contributed by atoms with E-state index in [1.54, 1.807) is 0 Å². The smallest absolute Gasteiger partial charge is 0.147 e. The van der Waals surface area contributed by atoms with Crippen LogP contribution in [0.2, 0.25) is 0 Å². The molecule has 0 aliphatic heterocycles. The molecule has 0 spiro atoms. The van der Waals surface area contributed by atoms with Crippen molar-refractivity contribution in [1.82, 2.24) is 14.8 Å². The second kappa shape index (κ2) is 4.78. The Bertz CT molecular complexity index is 591. The summed E-state index contributed by atoms with van der Waals surface area (Å²) < 4.78 is 1.89. The summed E-state index contributed by atoms with van der Waals surface area (Å²) in [6.45, 7) is 3.84. The minimum absolute atomic E-state index is 0.00940. The molecule has 1 aliphatic carbocycles. The molecule has 2 atom stereocenters. The predicted molar refractivity (Wildman–Crippen MR) is 72.9 cm³/mol. The number of fused-ring (bicyclic) bond motifs is 1. The first-order valence-corrected chi connectivity index (χ1v) is 6.82. The largest absolute Gasteiger partial charge is 0.386 e. The van der Waals surface area contributed by atoms with Crippen LogP contribution in [0.25, 0.3) is 0 Å². The van der Waals surface area contributed by atoms with Crippen LogP contribution < -0.4 is 0 Å². The summed E-state index contributed by atoms with van der Waals surface area (Å²) in [5, 5.41) is 15.1. The summed E-state index contributed by atoms with van der Waals surface area (Å²) in [6, 6.07) is 8.16. The second-order valence-electron chi connectivity index (χ2n) is 5.25. The van der Waals surface area contributed by atoms with Crippen LogP contribution in [-0.4, -0.2) is 19.9 Å². The Morgan fingerprint density at radius 3 is 2.79 bits per heavy atom. The summed E-state index contributed by atoms with van der Waals surface area (Å²) >= 11 is 0. The number of rotatable bonds is 1. The molecule has 0 saturated carbocycles. The summed E-state index contributed by atoms with van der Waals surface area (Å²) in [5.41, 5.74) is 2.30. The van der Waals surface area contributed by atoms with E-state index in [1.807, 2.05) is 36.7 Å². The van der Waals surface area contributed by atoms with Gasteiger partial charge < -0.3 is 5.11 Å². The van der Waals surface area contributed by atoms with E-state index in [9.17, 15) is 5.11 Å². The number of aliphatic hydroxyl groups excluding tert-OH is 1. The minimum atomic E-state index is -0.501. The molecule has 4 nitrogen and oxygen atoms in total. The molecule has 0 fully saturated rings. The zero-order valence-corrected chi connectivity index (χ0v) is 11.4. The van der Waals surface area contributed by atoms with Gasteiger partial charge in [-0.2, -0.15) is 5.10 Å². The van der Waals surface area contributed by atoms with Gasteiger partial charge in [-0.05, 0) is 44.2 Å². The van der Waals surface area contributed by atoms with Crippen LogP contribution in [0.5, 0.6) is 0 Å². The van der Waals surface area contributed by atoms with Crippen molar-refractivity contribution < 1.29 is 5.11 Å². The van der Waals surface area contributed by atoms with Gasteiger partial charge in [-0.15, -0.1) is 0 Å². The quantitative estimate of drug-likeness (QED) is 0.799. The lowest BCUT2D eigenvalue weighted by atomic mass is 9.99. The molecule has 3 rings (SSSR count). The maximum atomic E-state index is 10.7. The van der Waals surface area contributed by atoms with Gasteiger partial charge in [0.05, 0.1) is 6.04 Å². The highest BCUT2D eigenvalue weighted by atomic mass is 16.3. The third kappa shape index (κ3) is 2.16. The number of aromatic nitrogens is 3. The average Bonchev–Trinajstić information content (AvgIpc) is 2.64.